The van der Waals surface area contributed by atoms with Gasteiger partial charge in [-0.1, -0.05) is 30.3 Å². The topological polar surface area (TPSA) is 89.1 Å². The molecule has 3 aromatic rings. The fraction of sp³-hybridized carbons (Fsp3) is 0.0556. The van der Waals surface area contributed by atoms with E-state index in [0.717, 1.165) is 5.69 Å². The Morgan fingerprint density at radius 1 is 1.12 bits per heavy atom. The Hall–Kier alpha value is -3.28. The minimum atomic E-state index is -1.08. The minimum absolute atomic E-state index is 0.0464. The lowest BCUT2D eigenvalue weighted by atomic mass is 10.2. The first-order valence-corrected chi connectivity index (χ1v) is 7.11. The van der Waals surface area contributed by atoms with Crippen molar-refractivity contribution in [3.8, 4) is 11.4 Å². The van der Waals surface area contributed by atoms with Gasteiger partial charge in [-0.15, -0.1) is 0 Å². The molecule has 5 nitrogen and oxygen atoms in total. The first-order valence-electron chi connectivity index (χ1n) is 7.11. The molecule has 0 spiro atoms. The maximum atomic E-state index is 13.0. The molecule has 0 aliphatic rings. The van der Waals surface area contributed by atoms with Gasteiger partial charge >= 0.3 is 5.97 Å². The molecule has 0 fully saturated rings. The number of carboxylic acids is 1. The highest BCUT2D eigenvalue weighted by Gasteiger charge is 2.11. The largest absolute Gasteiger partial charge is 0.478 e. The van der Waals surface area contributed by atoms with Gasteiger partial charge in [-0.3, -0.25) is 0 Å². The lowest BCUT2D eigenvalue weighted by Crippen LogP contribution is -2.04. The molecule has 6 heteroatoms. The summed E-state index contributed by atoms with van der Waals surface area (Å²) in [5.41, 5.74) is 7.10. The molecule has 3 N–H and O–H groups in total. The number of aromatic carboxylic acids is 1. The third kappa shape index (κ3) is 4.61. The van der Waals surface area contributed by atoms with Crippen LogP contribution in [-0.2, 0) is 0 Å². The van der Waals surface area contributed by atoms with Gasteiger partial charge in [-0.2, -0.15) is 0 Å². The summed E-state index contributed by atoms with van der Waals surface area (Å²) in [6, 6.07) is 15.3. The number of nitrogen functional groups attached to an aromatic ring is 1. The second kappa shape index (κ2) is 7.82. The van der Waals surface area contributed by atoms with Crippen LogP contribution in [0.2, 0.25) is 0 Å². The number of halogens is 1. The molecule has 24 heavy (non-hydrogen) atoms. The zero-order valence-electron chi connectivity index (χ0n) is 13.0. The number of rotatable bonds is 2. The van der Waals surface area contributed by atoms with Gasteiger partial charge in [-0.05, 0) is 31.2 Å². The Balaban J connectivity index is 0.000000249. The van der Waals surface area contributed by atoms with Gasteiger partial charge in [0.2, 0.25) is 0 Å². The van der Waals surface area contributed by atoms with E-state index in [9.17, 15) is 9.18 Å². The highest BCUT2D eigenvalue weighted by atomic mass is 19.1. The van der Waals surface area contributed by atoms with E-state index < -0.39 is 5.97 Å². The van der Waals surface area contributed by atoms with Crippen molar-refractivity contribution in [3.05, 3.63) is 77.9 Å². The molecule has 0 aliphatic carbocycles. The second-order valence-corrected chi connectivity index (χ2v) is 4.92. The number of nitrogens with two attached hydrogens (primary N) is 1. The summed E-state index contributed by atoms with van der Waals surface area (Å²) in [6.07, 6.45) is 1.23. The van der Waals surface area contributed by atoms with Crippen LogP contribution in [0.25, 0.3) is 11.4 Å². The molecule has 0 saturated heterocycles. The van der Waals surface area contributed by atoms with Crippen LogP contribution >= 0.6 is 0 Å². The molecule has 0 unspecified atom stereocenters. The number of para-hydroxylation sites is 1. The van der Waals surface area contributed by atoms with E-state index in [-0.39, 0.29) is 11.4 Å². The molecule has 0 radical (unpaired) electrons. The Morgan fingerprint density at radius 2 is 1.83 bits per heavy atom. The van der Waals surface area contributed by atoms with Crippen molar-refractivity contribution in [2.24, 2.45) is 0 Å². The molecule has 0 atom stereocenters. The number of carboxylic acid groups (broad SMARTS) is 1. The van der Waals surface area contributed by atoms with Crippen molar-refractivity contribution in [1.82, 2.24) is 9.97 Å². The van der Waals surface area contributed by atoms with Crippen LogP contribution in [0.15, 0.2) is 60.8 Å². The van der Waals surface area contributed by atoms with E-state index in [1.807, 2.05) is 30.3 Å². The summed E-state index contributed by atoms with van der Waals surface area (Å²) >= 11 is 0. The predicted molar refractivity (Wildman–Crippen MR) is 90.0 cm³/mol. The van der Waals surface area contributed by atoms with Crippen LogP contribution in [0.1, 0.15) is 16.1 Å². The van der Waals surface area contributed by atoms with Crippen LogP contribution in [0, 0.1) is 12.7 Å². The Kier molecular flexibility index (Phi) is 5.57. The van der Waals surface area contributed by atoms with E-state index in [0.29, 0.717) is 17.1 Å². The SMILES string of the molecule is Cc1nc(-c2cccc(F)c2)ncc1C(=O)O.Nc1ccccc1. The summed E-state index contributed by atoms with van der Waals surface area (Å²) in [4.78, 5) is 18.7. The summed E-state index contributed by atoms with van der Waals surface area (Å²) < 4.78 is 13.0. The number of nitrogens with zero attached hydrogens (tertiary/aromatic N) is 2. The van der Waals surface area contributed by atoms with Crippen molar-refractivity contribution in [2.45, 2.75) is 6.92 Å². The molecular weight excluding hydrogens is 309 g/mol. The number of carbonyl (C=O) groups is 1. The van der Waals surface area contributed by atoms with Crippen molar-refractivity contribution >= 4 is 11.7 Å². The van der Waals surface area contributed by atoms with Crippen molar-refractivity contribution in [3.63, 3.8) is 0 Å². The second-order valence-electron chi connectivity index (χ2n) is 4.92. The number of aromatic nitrogens is 2. The van der Waals surface area contributed by atoms with E-state index in [2.05, 4.69) is 9.97 Å². The Morgan fingerprint density at radius 3 is 2.33 bits per heavy atom. The van der Waals surface area contributed by atoms with Gasteiger partial charge in [0.25, 0.3) is 0 Å². The summed E-state index contributed by atoms with van der Waals surface area (Å²) in [7, 11) is 0. The molecule has 0 aliphatic heterocycles. The normalized spacial score (nSPS) is 9.75. The third-order valence-electron chi connectivity index (χ3n) is 3.09. The van der Waals surface area contributed by atoms with Crippen molar-refractivity contribution in [2.75, 3.05) is 5.73 Å². The quantitative estimate of drug-likeness (QED) is 0.703. The highest BCUT2D eigenvalue weighted by molar-refractivity contribution is 5.88. The summed E-state index contributed by atoms with van der Waals surface area (Å²) in [5, 5.41) is 8.83. The van der Waals surface area contributed by atoms with Crippen LogP contribution in [0.3, 0.4) is 0 Å². The average Bonchev–Trinajstić information content (AvgIpc) is 2.56. The minimum Gasteiger partial charge on any atom is -0.478 e. The molecule has 0 bridgehead atoms. The molecule has 2 aromatic carbocycles. The molecule has 1 heterocycles. The van der Waals surface area contributed by atoms with Gasteiger partial charge in [0.1, 0.15) is 5.82 Å². The molecule has 0 saturated carbocycles. The van der Waals surface area contributed by atoms with Crippen LogP contribution in [0.5, 0.6) is 0 Å². The standard InChI is InChI=1S/C12H9FN2O2.C6H7N/c1-7-10(12(16)17)6-14-11(15-7)8-3-2-4-9(13)5-8;7-6-4-2-1-3-5-6/h2-6H,1H3,(H,16,17);1-5H,7H2. The maximum Gasteiger partial charge on any atom is 0.339 e. The monoisotopic (exact) mass is 325 g/mol. The van der Waals surface area contributed by atoms with Gasteiger partial charge in [-0.25, -0.2) is 19.2 Å². The number of hydrogen-bond donors (Lipinski definition) is 2. The molecule has 1 aromatic heterocycles. The fourth-order valence-corrected chi connectivity index (χ4v) is 1.90. The fourth-order valence-electron chi connectivity index (χ4n) is 1.90. The zero-order chi connectivity index (χ0) is 17.5. The van der Waals surface area contributed by atoms with Crippen LogP contribution < -0.4 is 5.73 Å². The summed E-state index contributed by atoms with van der Waals surface area (Å²) in [5.74, 6) is -1.15. The molecule has 3 rings (SSSR count). The van der Waals surface area contributed by atoms with Gasteiger partial charge in [0.05, 0.1) is 11.3 Å². The molecular formula is C18H16FN3O2. The Labute approximate surface area is 138 Å². The molecule has 122 valence electrons. The first-order chi connectivity index (χ1) is 11.5. The number of aryl methyl sites for hydroxylation is 1. The van der Waals surface area contributed by atoms with Crippen molar-refractivity contribution in [1.29, 1.82) is 0 Å². The predicted octanol–water partition coefficient (Wildman–Crippen LogP) is 3.56. The van der Waals surface area contributed by atoms with E-state index in [4.69, 9.17) is 10.8 Å². The lowest BCUT2D eigenvalue weighted by Gasteiger charge is -2.03. The van der Waals surface area contributed by atoms with Gasteiger partial charge in [0, 0.05) is 17.4 Å². The van der Waals surface area contributed by atoms with E-state index >= 15 is 0 Å². The number of hydrogen-bond acceptors (Lipinski definition) is 4. The first kappa shape index (κ1) is 17.1. The zero-order valence-corrected chi connectivity index (χ0v) is 13.0. The Bertz CT molecular complexity index is 839. The third-order valence-corrected chi connectivity index (χ3v) is 3.09. The summed E-state index contributed by atoms with van der Waals surface area (Å²) in [6.45, 7) is 1.58. The lowest BCUT2D eigenvalue weighted by molar-refractivity contribution is 0.0695. The van der Waals surface area contributed by atoms with Gasteiger partial charge < -0.3 is 10.8 Å². The van der Waals surface area contributed by atoms with E-state index in [1.165, 1.54) is 18.3 Å². The number of benzene rings is 2. The van der Waals surface area contributed by atoms with Crippen molar-refractivity contribution < 1.29 is 14.3 Å². The van der Waals surface area contributed by atoms with Crippen LogP contribution in [-0.4, -0.2) is 21.0 Å². The van der Waals surface area contributed by atoms with Crippen LogP contribution in [0.4, 0.5) is 10.1 Å². The number of anilines is 1. The van der Waals surface area contributed by atoms with E-state index in [1.54, 1.807) is 19.1 Å². The molecule has 0 amide bonds. The highest BCUT2D eigenvalue weighted by Crippen LogP contribution is 2.17. The average molecular weight is 325 g/mol. The maximum absolute atomic E-state index is 13.0. The van der Waals surface area contributed by atoms with Gasteiger partial charge in [0.15, 0.2) is 5.82 Å². The smallest absolute Gasteiger partial charge is 0.339 e.